The van der Waals surface area contributed by atoms with Gasteiger partial charge in [-0.25, -0.2) is 13.1 Å². The van der Waals surface area contributed by atoms with E-state index in [2.05, 4.69) is 41.1 Å². The van der Waals surface area contributed by atoms with E-state index in [9.17, 15) is 8.42 Å². The molecule has 2 rings (SSSR count). The summed E-state index contributed by atoms with van der Waals surface area (Å²) in [5, 5.41) is -0.387. The van der Waals surface area contributed by atoms with Gasteiger partial charge in [0.2, 0.25) is 10.0 Å². The third-order valence-electron chi connectivity index (χ3n) is 4.04. The minimum absolute atomic E-state index is 0. The van der Waals surface area contributed by atoms with Crippen LogP contribution >= 0.6 is 12.4 Å². The molecule has 4 nitrogen and oxygen atoms in total. The standard InChI is InChI=1S/C19H26N2O2S.ClH/c1-15(2)24(22,23)21-13-3-4-16-5-9-18(10-6-16)19-11-7-17(14-20)8-12-19;/h5-12,15,21H,3-4,13-14,20H2,1-2H3;1H. The molecule has 0 heterocycles. The van der Waals surface area contributed by atoms with Crippen LogP contribution in [0.25, 0.3) is 11.1 Å². The van der Waals surface area contributed by atoms with Gasteiger partial charge in [0, 0.05) is 13.1 Å². The molecule has 0 spiro atoms. The lowest BCUT2D eigenvalue weighted by Crippen LogP contribution is -2.31. The van der Waals surface area contributed by atoms with Gasteiger partial charge in [0.25, 0.3) is 0 Å². The predicted octanol–water partition coefficient (Wildman–Crippen LogP) is 3.49. The van der Waals surface area contributed by atoms with Crippen LogP contribution in [-0.2, 0) is 23.0 Å². The van der Waals surface area contributed by atoms with Gasteiger partial charge in [0.15, 0.2) is 0 Å². The molecule has 0 unspecified atom stereocenters. The number of sulfonamides is 1. The lowest BCUT2D eigenvalue weighted by atomic mass is 10.0. The largest absolute Gasteiger partial charge is 0.326 e. The van der Waals surface area contributed by atoms with Crippen LogP contribution in [0.3, 0.4) is 0 Å². The average Bonchev–Trinajstić information content (AvgIpc) is 2.59. The molecule has 0 bridgehead atoms. The second-order valence-electron chi connectivity index (χ2n) is 6.19. The van der Waals surface area contributed by atoms with Gasteiger partial charge in [0.1, 0.15) is 0 Å². The molecule has 0 fully saturated rings. The number of rotatable bonds is 8. The Labute approximate surface area is 157 Å². The molecular formula is C19H27ClN2O2S. The van der Waals surface area contributed by atoms with Crippen LogP contribution in [0.2, 0.25) is 0 Å². The van der Waals surface area contributed by atoms with Gasteiger partial charge in [-0.1, -0.05) is 48.5 Å². The number of hydrogen-bond acceptors (Lipinski definition) is 3. The van der Waals surface area contributed by atoms with E-state index >= 15 is 0 Å². The third kappa shape index (κ3) is 6.44. The molecule has 0 amide bonds. The summed E-state index contributed by atoms with van der Waals surface area (Å²) >= 11 is 0. The molecule has 0 saturated heterocycles. The fourth-order valence-electron chi connectivity index (χ4n) is 2.37. The minimum Gasteiger partial charge on any atom is -0.326 e. The molecule has 0 aromatic heterocycles. The highest BCUT2D eigenvalue weighted by Crippen LogP contribution is 2.20. The molecule has 0 radical (unpaired) electrons. The van der Waals surface area contributed by atoms with E-state index in [0.29, 0.717) is 13.1 Å². The van der Waals surface area contributed by atoms with Crippen molar-refractivity contribution in [2.45, 2.75) is 38.5 Å². The first-order valence-corrected chi connectivity index (χ1v) is 9.84. The van der Waals surface area contributed by atoms with Gasteiger partial charge in [-0.05, 0) is 48.9 Å². The van der Waals surface area contributed by atoms with Gasteiger partial charge in [-0.15, -0.1) is 12.4 Å². The average molecular weight is 383 g/mol. The number of nitrogens with two attached hydrogens (primary N) is 1. The van der Waals surface area contributed by atoms with Gasteiger partial charge in [0.05, 0.1) is 5.25 Å². The van der Waals surface area contributed by atoms with Crippen molar-refractivity contribution in [1.29, 1.82) is 0 Å². The fourth-order valence-corrected chi connectivity index (χ4v) is 3.13. The number of halogens is 1. The molecule has 0 saturated carbocycles. The topological polar surface area (TPSA) is 72.2 Å². The maximum Gasteiger partial charge on any atom is 0.213 e. The van der Waals surface area contributed by atoms with Crippen molar-refractivity contribution in [3.63, 3.8) is 0 Å². The number of hydrogen-bond donors (Lipinski definition) is 2. The Morgan fingerprint density at radius 1 is 0.920 bits per heavy atom. The van der Waals surface area contributed by atoms with Crippen LogP contribution in [0.15, 0.2) is 48.5 Å². The van der Waals surface area contributed by atoms with E-state index in [-0.39, 0.29) is 17.7 Å². The molecule has 0 aliphatic carbocycles. The van der Waals surface area contributed by atoms with E-state index in [0.717, 1.165) is 18.4 Å². The van der Waals surface area contributed by atoms with Gasteiger partial charge >= 0.3 is 0 Å². The van der Waals surface area contributed by atoms with Gasteiger partial charge < -0.3 is 5.73 Å². The van der Waals surface area contributed by atoms with E-state index in [4.69, 9.17) is 5.73 Å². The maximum absolute atomic E-state index is 11.7. The van der Waals surface area contributed by atoms with Crippen LogP contribution in [0, 0.1) is 0 Å². The number of benzene rings is 2. The van der Waals surface area contributed by atoms with Crippen LogP contribution in [0.4, 0.5) is 0 Å². The second-order valence-corrected chi connectivity index (χ2v) is 8.51. The van der Waals surface area contributed by atoms with Crippen molar-refractivity contribution in [2.24, 2.45) is 5.73 Å². The number of nitrogens with one attached hydrogen (secondary N) is 1. The normalized spacial score (nSPS) is 11.4. The van der Waals surface area contributed by atoms with Crippen molar-refractivity contribution < 1.29 is 8.42 Å². The first-order valence-electron chi connectivity index (χ1n) is 8.29. The summed E-state index contributed by atoms with van der Waals surface area (Å²) in [6, 6.07) is 16.7. The van der Waals surface area contributed by atoms with E-state index in [1.165, 1.54) is 16.7 Å². The summed E-state index contributed by atoms with van der Waals surface area (Å²) in [4.78, 5) is 0. The molecule has 2 aromatic rings. The van der Waals surface area contributed by atoms with Crippen LogP contribution in [0.5, 0.6) is 0 Å². The summed E-state index contributed by atoms with van der Waals surface area (Å²) in [5.74, 6) is 0. The van der Waals surface area contributed by atoms with Crippen molar-refractivity contribution in [1.82, 2.24) is 4.72 Å². The zero-order chi connectivity index (χ0) is 17.6. The SMILES string of the molecule is CC(C)S(=O)(=O)NCCCc1ccc(-c2ccc(CN)cc2)cc1.Cl. The lowest BCUT2D eigenvalue weighted by Gasteiger charge is -2.09. The Hall–Kier alpha value is -1.40. The molecular weight excluding hydrogens is 356 g/mol. The molecule has 0 atom stereocenters. The number of aryl methyl sites for hydroxylation is 1. The van der Waals surface area contributed by atoms with Gasteiger partial charge in [-0.3, -0.25) is 0 Å². The first-order chi connectivity index (χ1) is 11.4. The van der Waals surface area contributed by atoms with E-state index in [1.807, 2.05) is 12.1 Å². The highest BCUT2D eigenvalue weighted by Gasteiger charge is 2.13. The first kappa shape index (κ1) is 21.6. The highest BCUT2D eigenvalue weighted by molar-refractivity contribution is 7.90. The van der Waals surface area contributed by atoms with Crippen molar-refractivity contribution in [2.75, 3.05) is 6.54 Å². The van der Waals surface area contributed by atoms with Gasteiger partial charge in [-0.2, -0.15) is 0 Å². The summed E-state index contributed by atoms with van der Waals surface area (Å²) in [7, 11) is -3.16. The molecule has 6 heteroatoms. The Balaban J connectivity index is 0.00000312. The van der Waals surface area contributed by atoms with Crippen molar-refractivity contribution in [3.05, 3.63) is 59.7 Å². The zero-order valence-corrected chi connectivity index (χ0v) is 16.4. The Morgan fingerprint density at radius 2 is 1.40 bits per heavy atom. The predicted molar refractivity (Wildman–Crippen MR) is 107 cm³/mol. The van der Waals surface area contributed by atoms with Crippen molar-refractivity contribution in [3.8, 4) is 11.1 Å². The zero-order valence-electron chi connectivity index (χ0n) is 14.7. The molecule has 0 aliphatic rings. The summed E-state index contributed by atoms with van der Waals surface area (Å²) < 4.78 is 26.0. The Kier molecular flexibility index (Phi) is 8.59. The van der Waals surface area contributed by atoms with Crippen LogP contribution < -0.4 is 10.5 Å². The van der Waals surface area contributed by atoms with Crippen molar-refractivity contribution >= 4 is 22.4 Å². The van der Waals surface area contributed by atoms with E-state index in [1.54, 1.807) is 13.8 Å². The van der Waals surface area contributed by atoms with Crippen LogP contribution in [0.1, 0.15) is 31.4 Å². The summed E-state index contributed by atoms with van der Waals surface area (Å²) in [5.41, 5.74) is 10.3. The highest BCUT2D eigenvalue weighted by atomic mass is 35.5. The Morgan fingerprint density at radius 3 is 1.84 bits per heavy atom. The maximum atomic E-state index is 11.7. The molecule has 25 heavy (non-hydrogen) atoms. The lowest BCUT2D eigenvalue weighted by molar-refractivity contribution is 0.570. The third-order valence-corrected chi connectivity index (χ3v) is 5.89. The van der Waals surface area contributed by atoms with Crippen LogP contribution in [-0.4, -0.2) is 20.2 Å². The quantitative estimate of drug-likeness (QED) is 0.686. The molecule has 2 aromatic carbocycles. The van der Waals surface area contributed by atoms with E-state index < -0.39 is 10.0 Å². The summed E-state index contributed by atoms with van der Waals surface area (Å²) in [6.45, 7) is 4.39. The molecule has 0 aliphatic heterocycles. The molecule has 3 N–H and O–H groups in total. The Bertz CT molecular complexity index is 742. The summed E-state index contributed by atoms with van der Waals surface area (Å²) in [6.07, 6.45) is 1.64. The fraction of sp³-hybridized carbons (Fsp3) is 0.368. The second kappa shape index (κ2) is 9.92. The smallest absolute Gasteiger partial charge is 0.213 e. The minimum atomic E-state index is -3.16. The monoisotopic (exact) mass is 382 g/mol. The molecule has 138 valence electrons.